The van der Waals surface area contributed by atoms with Gasteiger partial charge in [0.25, 0.3) is 0 Å². The van der Waals surface area contributed by atoms with Crippen LogP contribution in [-0.4, -0.2) is 62.4 Å². The van der Waals surface area contributed by atoms with Crippen molar-refractivity contribution in [2.24, 2.45) is 0 Å². The highest BCUT2D eigenvalue weighted by Crippen LogP contribution is 2.29. The zero-order valence-electron chi connectivity index (χ0n) is 12.7. The number of hydrogen-bond acceptors (Lipinski definition) is 8. The first kappa shape index (κ1) is 18.3. The van der Waals surface area contributed by atoms with E-state index < -0.39 is 55.3 Å². The summed E-state index contributed by atoms with van der Waals surface area (Å²) in [4.78, 5) is 33.7. The van der Waals surface area contributed by atoms with Crippen molar-refractivity contribution < 1.29 is 42.5 Å². The molecule has 0 amide bonds. The molecule has 0 radical (unpaired) electrons. The predicted octanol–water partition coefficient (Wildman–Crippen LogP) is 0.122. The molecule has 5 atom stereocenters. The molecule has 0 bridgehead atoms. The first-order chi connectivity index (χ1) is 10.3. The zero-order valence-corrected chi connectivity index (χ0v) is 12.7. The minimum atomic E-state index is -1.26. The van der Waals surface area contributed by atoms with Gasteiger partial charge in [-0.2, -0.15) is 0 Å². The first-order valence-electron chi connectivity index (χ1n) is 6.56. The summed E-state index contributed by atoms with van der Waals surface area (Å²) >= 11 is 0. The minimum absolute atomic E-state index is 0.687. The summed E-state index contributed by atoms with van der Waals surface area (Å²) < 4.78 is 38.5. The number of carbonyl (C=O) groups excluding carboxylic acids is 3. The van der Waals surface area contributed by atoms with Gasteiger partial charge in [-0.15, -0.1) is 0 Å². The van der Waals surface area contributed by atoms with E-state index in [1.165, 1.54) is 7.11 Å². The Labute approximate surface area is 126 Å². The van der Waals surface area contributed by atoms with Crippen molar-refractivity contribution in [3.05, 3.63) is 0 Å². The zero-order chi connectivity index (χ0) is 16.9. The summed E-state index contributed by atoms with van der Waals surface area (Å²) in [6, 6.07) is 0. The van der Waals surface area contributed by atoms with E-state index in [0.717, 1.165) is 20.8 Å². The number of carbonyl (C=O) groups is 3. The van der Waals surface area contributed by atoms with E-state index in [4.69, 9.17) is 23.7 Å². The van der Waals surface area contributed by atoms with E-state index in [0.29, 0.717) is 0 Å². The lowest BCUT2D eigenvalue weighted by molar-refractivity contribution is -0.299. The lowest BCUT2D eigenvalue weighted by Gasteiger charge is -2.43. The van der Waals surface area contributed by atoms with E-state index in [1.807, 2.05) is 0 Å². The van der Waals surface area contributed by atoms with Crippen molar-refractivity contribution >= 4 is 17.9 Å². The molecule has 1 fully saturated rings. The fraction of sp³-hybridized carbons (Fsp3) is 0.769. The van der Waals surface area contributed by atoms with Crippen molar-refractivity contribution in [2.75, 3.05) is 13.8 Å². The maximum atomic E-state index is 13.2. The molecule has 0 spiro atoms. The molecule has 0 N–H and O–H groups in total. The number of rotatable bonds is 5. The molecule has 22 heavy (non-hydrogen) atoms. The maximum absolute atomic E-state index is 13.2. The molecule has 126 valence electrons. The van der Waals surface area contributed by atoms with Crippen LogP contribution in [0.25, 0.3) is 0 Å². The summed E-state index contributed by atoms with van der Waals surface area (Å²) in [5.74, 6) is -2.12. The van der Waals surface area contributed by atoms with E-state index >= 15 is 0 Å². The van der Waals surface area contributed by atoms with E-state index in [9.17, 15) is 18.8 Å². The fourth-order valence-corrected chi connectivity index (χ4v) is 2.17. The molecule has 1 aliphatic heterocycles. The molecule has 0 aromatic rings. The number of halogens is 1. The number of esters is 3. The lowest BCUT2D eigenvalue weighted by atomic mass is 9.98. The Morgan fingerprint density at radius 1 is 0.909 bits per heavy atom. The van der Waals surface area contributed by atoms with Crippen molar-refractivity contribution in [3.8, 4) is 0 Å². The molecule has 0 aliphatic carbocycles. The Bertz CT molecular complexity index is 396. The molecule has 0 aromatic carbocycles. The molecule has 0 saturated carbocycles. The van der Waals surface area contributed by atoms with Gasteiger partial charge in [0.05, 0.1) is 0 Å². The minimum Gasteiger partial charge on any atom is -0.456 e. The average Bonchev–Trinajstić information content (AvgIpc) is 2.41. The van der Waals surface area contributed by atoms with Gasteiger partial charge in [0.1, 0.15) is 12.8 Å². The summed E-state index contributed by atoms with van der Waals surface area (Å²) in [6.45, 7) is 2.36. The summed E-state index contributed by atoms with van der Waals surface area (Å²) in [6.07, 6.45) is -6.09. The van der Waals surface area contributed by atoms with Crippen LogP contribution in [0.1, 0.15) is 20.8 Å². The topological polar surface area (TPSA) is 97.4 Å². The van der Waals surface area contributed by atoms with Crippen LogP contribution in [0.2, 0.25) is 0 Å². The van der Waals surface area contributed by atoms with Crippen molar-refractivity contribution in [3.63, 3.8) is 0 Å². The highest BCUT2D eigenvalue weighted by molar-refractivity contribution is 5.68. The van der Waals surface area contributed by atoms with Crippen LogP contribution in [0.15, 0.2) is 0 Å². The molecule has 1 aliphatic rings. The standard InChI is InChI=1S/C13H19FO8/c1-6(15)19-10-9(5-14)22-13(18-4)12(21-8(3)17)11(10)20-7(2)16/h9-13H,5H2,1-4H3/t9-,10+,11+,12-,13+/m1/s1. The summed E-state index contributed by atoms with van der Waals surface area (Å²) in [5.41, 5.74) is 0. The van der Waals surface area contributed by atoms with Gasteiger partial charge in [0.2, 0.25) is 0 Å². The van der Waals surface area contributed by atoms with Crippen LogP contribution in [0.3, 0.4) is 0 Å². The van der Waals surface area contributed by atoms with E-state index in [-0.39, 0.29) is 0 Å². The van der Waals surface area contributed by atoms with Crippen molar-refractivity contribution in [1.82, 2.24) is 0 Å². The van der Waals surface area contributed by atoms with Crippen LogP contribution < -0.4 is 0 Å². The van der Waals surface area contributed by atoms with Crippen LogP contribution in [0, 0.1) is 0 Å². The smallest absolute Gasteiger partial charge is 0.303 e. The second kappa shape index (κ2) is 8.04. The largest absolute Gasteiger partial charge is 0.456 e. The van der Waals surface area contributed by atoms with E-state index in [1.54, 1.807) is 0 Å². The predicted molar refractivity (Wildman–Crippen MR) is 68.3 cm³/mol. The number of ether oxygens (including phenoxy) is 5. The Morgan fingerprint density at radius 2 is 1.36 bits per heavy atom. The summed E-state index contributed by atoms with van der Waals surface area (Å²) in [7, 11) is 1.26. The third-order valence-electron chi connectivity index (χ3n) is 2.88. The molecule has 1 saturated heterocycles. The van der Waals surface area contributed by atoms with Gasteiger partial charge in [0.15, 0.2) is 24.6 Å². The van der Waals surface area contributed by atoms with Crippen LogP contribution in [0.5, 0.6) is 0 Å². The molecule has 0 aromatic heterocycles. The number of alkyl halides is 1. The fourth-order valence-electron chi connectivity index (χ4n) is 2.17. The van der Waals surface area contributed by atoms with Crippen molar-refractivity contribution in [2.45, 2.75) is 51.5 Å². The van der Waals surface area contributed by atoms with Gasteiger partial charge in [-0.05, 0) is 0 Å². The van der Waals surface area contributed by atoms with Gasteiger partial charge in [-0.1, -0.05) is 0 Å². The van der Waals surface area contributed by atoms with Crippen molar-refractivity contribution in [1.29, 1.82) is 0 Å². The Balaban J connectivity index is 3.14. The monoisotopic (exact) mass is 322 g/mol. The average molecular weight is 322 g/mol. The normalized spacial score (nSPS) is 31.2. The Morgan fingerprint density at radius 3 is 1.77 bits per heavy atom. The van der Waals surface area contributed by atoms with Crippen LogP contribution in [0.4, 0.5) is 4.39 Å². The third-order valence-corrected chi connectivity index (χ3v) is 2.88. The molecule has 1 heterocycles. The second-order valence-electron chi connectivity index (χ2n) is 4.66. The van der Waals surface area contributed by atoms with Gasteiger partial charge < -0.3 is 23.7 Å². The Hall–Kier alpha value is -1.74. The molecule has 0 unspecified atom stereocenters. The quantitative estimate of drug-likeness (QED) is 0.520. The third kappa shape index (κ3) is 4.63. The van der Waals surface area contributed by atoms with Gasteiger partial charge in [0, 0.05) is 27.9 Å². The number of methoxy groups -OCH3 is 1. The molecular formula is C13H19FO8. The highest BCUT2D eigenvalue weighted by atomic mass is 19.1. The maximum Gasteiger partial charge on any atom is 0.303 e. The summed E-state index contributed by atoms with van der Waals surface area (Å²) in [5, 5.41) is 0. The highest BCUT2D eigenvalue weighted by Gasteiger charge is 2.52. The first-order valence-corrected chi connectivity index (χ1v) is 6.56. The number of hydrogen-bond donors (Lipinski definition) is 0. The van der Waals surface area contributed by atoms with Gasteiger partial charge in [-0.3, -0.25) is 14.4 Å². The van der Waals surface area contributed by atoms with Crippen LogP contribution >= 0.6 is 0 Å². The molecule has 9 heteroatoms. The van der Waals surface area contributed by atoms with Gasteiger partial charge >= 0.3 is 17.9 Å². The Kier molecular flexibility index (Phi) is 6.69. The molecule has 8 nitrogen and oxygen atoms in total. The molecular weight excluding hydrogens is 303 g/mol. The van der Waals surface area contributed by atoms with Crippen LogP contribution in [-0.2, 0) is 38.1 Å². The lowest BCUT2D eigenvalue weighted by Crippen LogP contribution is -2.62. The molecule has 1 rings (SSSR count). The second-order valence-corrected chi connectivity index (χ2v) is 4.66. The van der Waals surface area contributed by atoms with E-state index in [2.05, 4.69) is 0 Å². The van der Waals surface area contributed by atoms with Gasteiger partial charge in [-0.25, -0.2) is 4.39 Å². The SMILES string of the molecule is CO[C@H]1O[C@H](CF)[C@H](OC(C)=O)[C@H](OC(C)=O)[C@H]1OC(C)=O.